The van der Waals surface area contributed by atoms with Crippen LogP contribution in [-0.4, -0.2) is 56.5 Å². The molecule has 0 aromatic heterocycles. The molecule has 78 valence electrons. The average molecular weight is 187 g/mol. The number of carbonyl (C=O) groups excluding carboxylic acids is 1. The van der Waals surface area contributed by atoms with Crippen LogP contribution in [0, 0.1) is 5.92 Å². The predicted octanol–water partition coefficient (Wildman–Crippen LogP) is -0.399. The lowest BCUT2D eigenvalue weighted by atomic mass is 10.1. The second-order valence-corrected chi connectivity index (χ2v) is 3.70. The second kappa shape index (κ2) is 5.94. The molecule has 1 unspecified atom stereocenters. The Hall–Kier alpha value is -0.610. The summed E-state index contributed by atoms with van der Waals surface area (Å²) in [6.07, 6.45) is 0. The lowest BCUT2D eigenvalue weighted by Gasteiger charge is -2.22. The summed E-state index contributed by atoms with van der Waals surface area (Å²) in [5.41, 5.74) is 5.41. The molecular formula is C9H21N3O. The van der Waals surface area contributed by atoms with Gasteiger partial charge in [-0.3, -0.25) is 4.79 Å². The van der Waals surface area contributed by atoms with E-state index in [1.807, 2.05) is 28.1 Å². The van der Waals surface area contributed by atoms with E-state index in [0.717, 1.165) is 13.1 Å². The van der Waals surface area contributed by atoms with E-state index in [-0.39, 0.29) is 11.8 Å². The van der Waals surface area contributed by atoms with Gasteiger partial charge in [0.2, 0.25) is 5.91 Å². The number of carbonyl (C=O) groups is 1. The van der Waals surface area contributed by atoms with Crippen molar-refractivity contribution in [3.63, 3.8) is 0 Å². The SMILES string of the molecule is CC(CN)C(=O)N(C)CCN(C)C. The van der Waals surface area contributed by atoms with Gasteiger partial charge in [0.05, 0.1) is 0 Å². The molecule has 0 saturated heterocycles. The summed E-state index contributed by atoms with van der Waals surface area (Å²) >= 11 is 0. The second-order valence-electron chi connectivity index (χ2n) is 3.70. The number of hydrogen-bond donors (Lipinski definition) is 1. The molecule has 4 nitrogen and oxygen atoms in total. The largest absolute Gasteiger partial charge is 0.344 e. The maximum atomic E-state index is 11.5. The van der Waals surface area contributed by atoms with Crippen LogP contribution in [0.5, 0.6) is 0 Å². The van der Waals surface area contributed by atoms with Crippen molar-refractivity contribution >= 4 is 5.91 Å². The van der Waals surface area contributed by atoms with Gasteiger partial charge in [-0.25, -0.2) is 0 Å². The number of likely N-dealkylation sites (N-methyl/N-ethyl adjacent to an activating group) is 2. The van der Waals surface area contributed by atoms with Gasteiger partial charge in [-0.1, -0.05) is 6.92 Å². The molecule has 0 aliphatic heterocycles. The van der Waals surface area contributed by atoms with Crippen molar-refractivity contribution < 1.29 is 4.79 Å². The molecule has 1 atom stereocenters. The number of amides is 1. The van der Waals surface area contributed by atoms with Crippen molar-refractivity contribution in [2.45, 2.75) is 6.92 Å². The molecule has 0 aliphatic rings. The van der Waals surface area contributed by atoms with Gasteiger partial charge in [-0.15, -0.1) is 0 Å². The summed E-state index contributed by atoms with van der Waals surface area (Å²) in [7, 11) is 5.80. The smallest absolute Gasteiger partial charge is 0.226 e. The molecule has 4 heteroatoms. The highest BCUT2D eigenvalue weighted by Gasteiger charge is 2.15. The van der Waals surface area contributed by atoms with E-state index < -0.39 is 0 Å². The molecule has 0 radical (unpaired) electrons. The summed E-state index contributed by atoms with van der Waals surface area (Å²) in [6.45, 7) is 3.93. The third-order valence-corrected chi connectivity index (χ3v) is 2.03. The molecule has 2 N–H and O–H groups in total. The van der Waals surface area contributed by atoms with E-state index in [1.54, 1.807) is 4.90 Å². The standard InChI is InChI=1S/C9H21N3O/c1-8(7-10)9(13)12(4)6-5-11(2)3/h8H,5-7,10H2,1-4H3. The summed E-state index contributed by atoms with van der Waals surface area (Å²) in [4.78, 5) is 15.3. The molecule has 0 aliphatic carbocycles. The molecule has 13 heavy (non-hydrogen) atoms. The minimum absolute atomic E-state index is 0.0628. The van der Waals surface area contributed by atoms with Crippen molar-refractivity contribution in [2.24, 2.45) is 11.7 Å². The highest BCUT2D eigenvalue weighted by atomic mass is 16.2. The Balaban J connectivity index is 3.82. The third kappa shape index (κ3) is 4.85. The summed E-state index contributed by atoms with van der Waals surface area (Å²) in [6, 6.07) is 0. The van der Waals surface area contributed by atoms with Crippen LogP contribution < -0.4 is 5.73 Å². The zero-order valence-corrected chi connectivity index (χ0v) is 9.08. The normalized spacial score (nSPS) is 13.1. The van der Waals surface area contributed by atoms with Crippen LogP contribution in [-0.2, 0) is 4.79 Å². The van der Waals surface area contributed by atoms with Crippen LogP contribution in [0.2, 0.25) is 0 Å². The van der Waals surface area contributed by atoms with Crippen molar-refractivity contribution in [3.8, 4) is 0 Å². The van der Waals surface area contributed by atoms with Crippen LogP contribution in [0.3, 0.4) is 0 Å². The Morgan fingerprint density at radius 3 is 2.23 bits per heavy atom. The van der Waals surface area contributed by atoms with Crippen LogP contribution in [0.1, 0.15) is 6.92 Å². The maximum absolute atomic E-state index is 11.5. The quantitative estimate of drug-likeness (QED) is 0.637. The first-order chi connectivity index (χ1) is 5.99. The predicted molar refractivity (Wildman–Crippen MR) is 54.4 cm³/mol. The zero-order valence-electron chi connectivity index (χ0n) is 9.08. The van der Waals surface area contributed by atoms with E-state index in [2.05, 4.69) is 4.90 Å². The number of nitrogens with zero attached hydrogens (tertiary/aromatic N) is 2. The van der Waals surface area contributed by atoms with Crippen molar-refractivity contribution in [2.75, 3.05) is 40.8 Å². The molecule has 0 spiro atoms. The first kappa shape index (κ1) is 12.4. The van der Waals surface area contributed by atoms with Crippen LogP contribution in [0.25, 0.3) is 0 Å². The van der Waals surface area contributed by atoms with Crippen molar-refractivity contribution in [1.29, 1.82) is 0 Å². The van der Waals surface area contributed by atoms with Gasteiger partial charge in [0.15, 0.2) is 0 Å². The molecule has 0 saturated carbocycles. The van der Waals surface area contributed by atoms with Gasteiger partial charge in [-0.2, -0.15) is 0 Å². The molecule has 0 bridgehead atoms. The van der Waals surface area contributed by atoms with Gasteiger partial charge >= 0.3 is 0 Å². The summed E-state index contributed by atoms with van der Waals surface area (Å²) in [5.74, 6) is 0.0662. The van der Waals surface area contributed by atoms with E-state index in [9.17, 15) is 4.79 Å². The Morgan fingerprint density at radius 2 is 1.85 bits per heavy atom. The van der Waals surface area contributed by atoms with Gasteiger partial charge in [0.25, 0.3) is 0 Å². The highest BCUT2D eigenvalue weighted by Crippen LogP contribution is 1.97. The zero-order chi connectivity index (χ0) is 10.4. The number of hydrogen-bond acceptors (Lipinski definition) is 3. The van der Waals surface area contributed by atoms with Crippen molar-refractivity contribution in [3.05, 3.63) is 0 Å². The third-order valence-electron chi connectivity index (χ3n) is 2.03. The summed E-state index contributed by atoms with van der Waals surface area (Å²) < 4.78 is 0. The molecule has 0 heterocycles. The van der Waals surface area contributed by atoms with E-state index in [0.29, 0.717) is 6.54 Å². The van der Waals surface area contributed by atoms with Gasteiger partial charge in [-0.05, 0) is 14.1 Å². The molecule has 0 fully saturated rings. The fourth-order valence-corrected chi connectivity index (χ4v) is 0.937. The van der Waals surface area contributed by atoms with Gasteiger partial charge < -0.3 is 15.5 Å². The van der Waals surface area contributed by atoms with E-state index in [1.165, 1.54) is 0 Å². The topological polar surface area (TPSA) is 49.6 Å². The Labute approximate surface area is 80.7 Å². The fraction of sp³-hybridized carbons (Fsp3) is 0.889. The van der Waals surface area contributed by atoms with Gasteiger partial charge in [0.1, 0.15) is 0 Å². The number of nitrogens with two attached hydrogens (primary N) is 1. The Morgan fingerprint density at radius 1 is 1.31 bits per heavy atom. The maximum Gasteiger partial charge on any atom is 0.226 e. The number of rotatable bonds is 5. The van der Waals surface area contributed by atoms with Crippen LogP contribution in [0.15, 0.2) is 0 Å². The van der Waals surface area contributed by atoms with Gasteiger partial charge in [0, 0.05) is 32.6 Å². The molecule has 0 aromatic carbocycles. The first-order valence-corrected chi connectivity index (χ1v) is 4.58. The molecule has 0 aromatic rings. The van der Waals surface area contributed by atoms with E-state index >= 15 is 0 Å². The average Bonchev–Trinajstić information content (AvgIpc) is 2.11. The lowest BCUT2D eigenvalue weighted by molar-refractivity contribution is -0.133. The molecule has 1 amide bonds. The minimum Gasteiger partial charge on any atom is -0.344 e. The highest BCUT2D eigenvalue weighted by molar-refractivity contribution is 5.78. The lowest BCUT2D eigenvalue weighted by Crippen LogP contribution is -2.38. The monoisotopic (exact) mass is 187 g/mol. The minimum atomic E-state index is -0.0628. The fourth-order valence-electron chi connectivity index (χ4n) is 0.937. The Bertz CT molecular complexity index is 159. The van der Waals surface area contributed by atoms with Crippen LogP contribution in [0.4, 0.5) is 0 Å². The Kier molecular flexibility index (Phi) is 5.66. The van der Waals surface area contributed by atoms with Crippen molar-refractivity contribution in [1.82, 2.24) is 9.80 Å². The summed E-state index contributed by atoms with van der Waals surface area (Å²) in [5, 5.41) is 0. The molecular weight excluding hydrogens is 166 g/mol. The molecule has 0 rings (SSSR count). The van der Waals surface area contributed by atoms with E-state index in [4.69, 9.17) is 5.73 Å². The first-order valence-electron chi connectivity index (χ1n) is 4.58. The van der Waals surface area contributed by atoms with Crippen LogP contribution >= 0.6 is 0 Å².